The number of carbonyl (C=O) groups is 1. The molecule has 0 aromatic heterocycles. The van der Waals surface area contributed by atoms with Crippen LogP contribution in [0.1, 0.15) is 12.0 Å². The number of nitrogens with one attached hydrogen (secondary N) is 1. The predicted octanol–water partition coefficient (Wildman–Crippen LogP) is 4.53. The third-order valence-corrected chi connectivity index (χ3v) is 4.26. The molecule has 30 heavy (non-hydrogen) atoms. The lowest BCUT2D eigenvalue weighted by Crippen LogP contribution is -2.24. The van der Waals surface area contributed by atoms with Crippen molar-refractivity contribution in [2.24, 2.45) is 0 Å². The molecule has 0 heterocycles. The predicted molar refractivity (Wildman–Crippen MR) is 117 cm³/mol. The van der Waals surface area contributed by atoms with Crippen LogP contribution >= 0.6 is 0 Å². The topological polar surface area (TPSA) is 56.8 Å². The van der Waals surface area contributed by atoms with Crippen molar-refractivity contribution in [3.05, 3.63) is 84.4 Å². The Labute approximate surface area is 176 Å². The Morgan fingerprint density at radius 2 is 1.57 bits per heavy atom. The van der Waals surface area contributed by atoms with Gasteiger partial charge in [-0.3, -0.25) is 4.79 Å². The number of rotatable bonds is 7. The van der Waals surface area contributed by atoms with Crippen LogP contribution < -0.4 is 19.5 Å². The fraction of sp³-hybridized carbons (Fsp3) is 0.160. The first-order valence-electron chi connectivity index (χ1n) is 9.49. The number of anilines is 1. The largest absolute Gasteiger partial charge is 0.497 e. The molecule has 3 rings (SSSR count). The molecule has 152 valence electrons. The van der Waals surface area contributed by atoms with Gasteiger partial charge in [0.15, 0.2) is 0 Å². The minimum atomic E-state index is -0.473. The van der Waals surface area contributed by atoms with E-state index in [1.165, 1.54) is 0 Å². The summed E-state index contributed by atoms with van der Waals surface area (Å²) in [6.45, 7) is 0. The van der Waals surface area contributed by atoms with E-state index in [0.717, 1.165) is 17.0 Å². The van der Waals surface area contributed by atoms with Gasteiger partial charge in [-0.15, -0.1) is 0 Å². The summed E-state index contributed by atoms with van der Waals surface area (Å²) in [6, 6.07) is 23.4. The maximum absolute atomic E-state index is 12.5. The molecule has 0 saturated carbocycles. The van der Waals surface area contributed by atoms with Crippen LogP contribution in [0.5, 0.6) is 17.2 Å². The van der Waals surface area contributed by atoms with Gasteiger partial charge >= 0.3 is 5.97 Å². The number of para-hydroxylation sites is 3. The summed E-state index contributed by atoms with van der Waals surface area (Å²) in [5.41, 5.74) is 1.57. The first kappa shape index (κ1) is 20.8. The first-order chi connectivity index (χ1) is 14.7. The molecule has 0 amide bonds. The average Bonchev–Trinajstić information content (AvgIpc) is 2.78. The number of methoxy groups -OCH3 is 2. The van der Waals surface area contributed by atoms with Crippen molar-refractivity contribution in [3.8, 4) is 29.1 Å². The van der Waals surface area contributed by atoms with E-state index in [-0.39, 0.29) is 12.4 Å². The van der Waals surface area contributed by atoms with Crippen LogP contribution in [0, 0.1) is 11.8 Å². The molecule has 5 nitrogen and oxygen atoms in total. The third kappa shape index (κ3) is 6.05. The van der Waals surface area contributed by atoms with E-state index < -0.39 is 6.04 Å². The van der Waals surface area contributed by atoms with E-state index in [4.69, 9.17) is 14.2 Å². The number of carbonyl (C=O) groups excluding carboxylic acids is 1. The summed E-state index contributed by atoms with van der Waals surface area (Å²) in [5.74, 6) is 7.79. The summed E-state index contributed by atoms with van der Waals surface area (Å²) in [4.78, 5) is 12.5. The highest BCUT2D eigenvalue weighted by atomic mass is 16.5. The monoisotopic (exact) mass is 401 g/mol. The molecule has 3 aromatic rings. The molecule has 0 aliphatic heterocycles. The Bertz CT molecular complexity index is 1020. The van der Waals surface area contributed by atoms with Crippen molar-refractivity contribution in [2.45, 2.75) is 12.5 Å². The molecular formula is C25H23NO4. The minimum Gasteiger partial charge on any atom is -0.497 e. The lowest BCUT2D eigenvalue weighted by molar-refractivity contribution is -0.134. The van der Waals surface area contributed by atoms with Gasteiger partial charge in [0.1, 0.15) is 17.2 Å². The van der Waals surface area contributed by atoms with Crippen molar-refractivity contribution in [3.63, 3.8) is 0 Å². The smallest absolute Gasteiger partial charge is 0.314 e. The Balaban J connectivity index is 1.78. The van der Waals surface area contributed by atoms with Gasteiger partial charge in [0.2, 0.25) is 0 Å². The Morgan fingerprint density at radius 1 is 0.867 bits per heavy atom. The van der Waals surface area contributed by atoms with E-state index in [2.05, 4.69) is 17.2 Å². The second-order valence-electron chi connectivity index (χ2n) is 6.39. The average molecular weight is 401 g/mol. The van der Waals surface area contributed by atoms with Crippen molar-refractivity contribution in [1.82, 2.24) is 0 Å². The lowest BCUT2D eigenvalue weighted by Gasteiger charge is -2.16. The highest BCUT2D eigenvalue weighted by molar-refractivity contribution is 5.74. The molecule has 0 aliphatic carbocycles. The van der Waals surface area contributed by atoms with Gasteiger partial charge in [-0.25, -0.2) is 0 Å². The van der Waals surface area contributed by atoms with Gasteiger partial charge in [-0.05, 0) is 48.5 Å². The molecule has 3 aromatic carbocycles. The second kappa shape index (κ2) is 10.6. The van der Waals surface area contributed by atoms with E-state index in [0.29, 0.717) is 11.5 Å². The number of esters is 1. The summed E-state index contributed by atoms with van der Waals surface area (Å²) < 4.78 is 16.0. The number of benzene rings is 3. The molecule has 1 atom stereocenters. The van der Waals surface area contributed by atoms with E-state index in [9.17, 15) is 4.79 Å². The van der Waals surface area contributed by atoms with Gasteiger partial charge in [-0.2, -0.15) is 0 Å². The number of hydrogen-bond donors (Lipinski definition) is 1. The quantitative estimate of drug-likeness (QED) is 0.358. The van der Waals surface area contributed by atoms with Crippen LogP contribution in [0.3, 0.4) is 0 Å². The van der Waals surface area contributed by atoms with Crippen molar-refractivity contribution in [2.75, 3.05) is 19.5 Å². The van der Waals surface area contributed by atoms with Gasteiger partial charge in [0.25, 0.3) is 0 Å². The van der Waals surface area contributed by atoms with Crippen LogP contribution in [0.15, 0.2) is 78.9 Å². The molecule has 0 spiro atoms. The summed E-state index contributed by atoms with van der Waals surface area (Å²) in [7, 11) is 3.22. The van der Waals surface area contributed by atoms with Gasteiger partial charge in [0, 0.05) is 5.56 Å². The molecule has 0 radical (unpaired) electrons. The third-order valence-electron chi connectivity index (χ3n) is 4.26. The number of ether oxygens (including phenoxy) is 3. The Kier molecular flexibility index (Phi) is 7.34. The van der Waals surface area contributed by atoms with Crippen LogP contribution in [0.25, 0.3) is 0 Å². The van der Waals surface area contributed by atoms with Crippen LogP contribution in [0.4, 0.5) is 5.69 Å². The number of hydrogen-bond acceptors (Lipinski definition) is 5. The van der Waals surface area contributed by atoms with E-state index in [1.807, 2.05) is 66.7 Å². The van der Waals surface area contributed by atoms with E-state index in [1.54, 1.807) is 26.4 Å². The maximum atomic E-state index is 12.5. The molecule has 5 heteroatoms. The zero-order valence-electron chi connectivity index (χ0n) is 16.9. The zero-order valence-corrected chi connectivity index (χ0v) is 16.9. The summed E-state index contributed by atoms with van der Waals surface area (Å²) in [5, 5.41) is 3.28. The second-order valence-corrected chi connectivity index (χ2v) is 6.39. The molecule has 0 fully saturated rings. The summed E-state index contributed by atoms with van der Waals surface area (Å²) in [6.07, 6.45) is 0.0656. The minimum absolute atomic E-state index is 0.0656. The van der Waals surface area contributed by atoms with E-state index >= 15 is 0 Å². The lowest BCUT2D eigenvalue weighted by atomic mass is 10.1. The Morgan fingerprint density at radius 3 is 2.27 bits per heavy atom. The first-order valence-corrected chi connectivity index (χ1v) is 9.49. The highest BCUT2D eigenvalue weighted by Crippen LogP contribution is 2.24. The molecule has 0 bridgehead atoms. The van der Waals surface area contributed by atoms with Gasteiger partial charge in [-0.1, -0.05) is 42.2 Å². The van der Waals surface area contributed by atoms with Crippen molar-refractivity contribution in [1.29, 1.82) is 0 Å². The molecule has 1 N–H and O–H groups in total. The van der Waals surface area contributed by atoms with Crippen molar-refractivity contribution >= 4 is 11.7 Å². The van der Waals surface area contributed by atoms with Crippen LogP contribution in [-0.4, -0.2) is 26.2 Å². The zero-order chi connectivity index (χ0) is 21.2. The Hall–Kier alpha value is -3.91. The maximum Gasteiger partial charge on any atom is 0.314 e. The van der Waals surface area contributed by atoms with Gasteiger partial charge in [0.05, 0.1) is 32.4 Å². The SMILES string of the molecule is COc1ccc(C#C[C@@H](CC(=O)Oc2ccccc2)Nc2ccccc2OC)cc1. The van der Waals surface area contributed by atoms with Crippen LogP contribution in [-0.2, 0) is 4.79 Å². The highest BCUT2D eigenvalue weighted by Gasteiger charge is 2.15. The normalized spacial score (nSPS) is 10.9. The fourth-order valence-corrected chi connectivity index (χ4v) is 2.76. The fourth-order valence-electron chi connectivity index (χ4n) is 2.76. The van der Waals surface area contributed by atoms with Crippen LogP contribution in [0.2, 0.25) is 0 Å². The molecule has 0 unspecified atom stereocenters. The van der Waals surface area contributed by atoms with Gasteiger partial charge < -0.3 is 19.5 Å². The summed E-state index contributed by atoms with van der Waals surface area (Å²) >= 11 is 0. The standard InChI is InChI=1S/C25H23NO4/c1-28-21-16-13-19(14-17-21)12-15-20(26-23-10-6-7-11-24(23)29-2)18-25(27)30-22-8-4-3-5-9-22/h3-11,13-14,16-17,20,26H,18H2,1-2H3/t20-/m0/s1. The van der Waals surface area contributed by atoms with Crippen molar-refractivity contribution < 1.29 is 19.0 Å². The molecule has 0 saturated heterocycles. The molecule has 0 aliphatic rings. The molecular weight excluding hydrogens is 378 g/mol.